The van der Waals surface area contributed by atoms with Gasteiger partial charge in [-0.25, -0.2) is 0 Å². The average molecular weight is 225 g/mol. The van der Waals surface area contributed by atoms with Crippen LogP contribution in [0.5, 0.6) is 0 Å². The van der Waals surface area contributed by atoms with Gasteiger partial charge in [0, 0.05) is 31.2 Å². The molecule has 1 N–H and O–H groups in total. The number of aromatic nitrogens is 2. The molecule has 1 heterocycles. The van der Waals surface area contributed by atoms with Crippen molar-refractivity contribution in [3.05, 3.63) is 5.69 Å². The monoisotopic (exact) mass is 225 g/mol. The third-order valence-corrected chi connectivity index (χ3v) is 3.11. The molecule has 0 saturated carbocycles. The van der Waals surface area contributed by atoms with Gasteiger partial charge in [-0.15, -0.1) is 5.10 Å². The second-order valence-electron chi connectivity index (χ2n) is 3.43. The van der Waals surface area contributed by atoms with E-state index in [0.29, 0.717) is 6.42 Å². The summed E-state index contributed by atoms with van der Waals surface area (Å²) in [7, 11) is 3.85. The van der Waals surface area contributed by atoms with Crippen molar-refractivity contribution < 1.29 is 0 Å². The van der Waals surface area contributed by atoms with Gasteiger partial charge < -0.3 is 5.32 Å². The maximum Gasteiger partial charge on any atom is 0.134 e. The third-order valence-electron chi connectivity index (χ3n) is 2.32. The summed E-state index contributed by atoms with van der Waals surface area (Å²) in [5, 5.41) is 16.7. The van der Waals surface area contributed by atoms with Crippen LogP contribution in [0.3, 0.4) is 0 Å². The Balaban J connectivity index is 2.58. The van der Waals surface area contributed by atoms with Crippen molar-refractivity contribution in [3.63, 3.8) is 0 Å². The SMILES string of the molecule is CNc1snnc1CN(C)C(C)CC#N. The largest absolute Gasteiger partial charge is 0.377 e. The van der Waals surface area contributed by atoms with Gasteiger partial charge in [0.1, 0.15) is 10.7 Å². The lowest BCUT2D eigenvalue weighted by Crippen LogP contribution is -2.28. The topological polar surface area (TPSA) is 64.8 Å². The van der Waals surface area contributed by atoms with Gasteiger partial charge in [0.05, 0.1) is 12.5 Å². The minimum Gasteiger partial charge on any atom is -0.377 e. The van der Waals surface area contributed by atoms with Gasteiger partial charge in [-0.3, -0.25) is 4.90 Å². The number of hydrogen-bond donors (Lipinski definition) is 1. The van der Waals surface area contributed by atoms with E-state index < -0.39 is 0 Å². The summed E-state index contributed by atoms with van der Waals surface area (Å²) in [6.45, 7) is 2.75. The van der Waals surface area contributed by atoms with E-state index in [1.807, 2.05) is 21.0 Å². The maximum absolute atomic E-state index is 8.60. The molecular weight excluding hydrogens is 210 g/mol. The Kier molecular flexibility index (Phi) is 4.46. The summed E-state index contributed by atoms with van der Waals surface area (Å²) in [6, 6.07) is 2.40. The lowest BCUT2D eigenvalue weighted by Gasteiger charge is -2.21. The van der Waals surface area contributed by atoms with Crippen LogP contribution in [-0.2, 0) is 6.54 Å². The minimum absolute atomic E-state index is 0.237. The first-order valence-electron chi connectivity index (χ1n) is 4.75. The molecule has 6 heteroatoms. The summed E-state index contributed by atoms with van der Waals surface area (Å²) < 4.78 is 3.89. The Morgan fingerprint density at radius 3 is 3.00 bits per heavy atom. The summed E-state index contributed by atoms with van der Waals surface area (Å²) >= 11 is 1.35. The third kappa shape index (κ3) is 3.15. The van der Waals surface area contributed by atoms with Gasteiger partial charge in [-0.1, -0.05) is 4.49 Å². The standard InChI is InChI=1S/C9H15N5S/c1-7(4-5-10)14(3)6-8-9(11-2)15-13-12-8/h7,11H,4,6H2,1-3H3. The highest BCUT2D eigenvalue weighted by atomic mass is 32.1. The molecule has 0 aliphatic rings. The Morgan fingerprint density at radius 2 is 2.40 bits per heavy atom. The molecule has 0 bridgehead atoms. The fraction of sp³-hybridized carbons (Fsp3) is 0.667. The molecule has 0 radical (unpaired) electrons. The van der Waals surface area contributed by atoms with Crippen molar-refractivity contribution in [3.8, 4) is 6.07 Å². The van der Waals surface area contributed by atoms with Crippen LogP contribution in [0.4, 0.5) is 5.00 Å². The molecule has 1 aromatic rings. The number of anilines is 1. The van der Waals surface area contributed by atoms with Crippen molar-refractivity contribution in [2.75, 3.05) is 19.4 Å². The second kappa shape index (κ2) is 5.63. The van der Waals surface area contributed by atoms with Crippen LogP contribution in [0.1, 0.15) is 19.0 Å². The van der Waals surface area contributed by atoms with Crippen molar-refractivity contribution in [2.45, 2.75) is 25.9 Å². The predicted octanol–water partition coefficient (Wildman–Crippen LogP) is 1.31. The van der Waals surface area contributed by atoms with E-state index >= 15 is 0 Å². The van der Waals surface area contributed by atoms with Gasteiger partial charge in [0.2, 0.25) is 0 Å². The van der Waals surface area contributed by atoms with Crippen LogP contribution in [0.2, 0.25) is 0 Å². The number of nitriles is 1. The van der Waals surface area contributed by atoms with Crippen LogP contribution in [0.25, 0.3) is 0 Å². The van der Waals surface area contributed by atoms with E-state index in [4.69, 9.17) is 5.26 Å². The van der Waals surface area contributed by atoms with Crippen molar-refractivity contribution >= 4 is 16.5 Å². The van der Waals surface area contributed by atoms with Gasteiger partial charge >= 0.3 is 0 Å². The molecule has 1 aromatic heterocycles. The van der Waals surface area contributed by atoms with Crippen LogP contribution < -0.4 is 5.32 Å². The molecule has 82 valence electrons. The van der Waals surface area contributed by atoms with E-state index in [1.165, 1.54) is 11.5 Å². The van der Waals surface area contributed by atoms with Crippen LogP contribution in [0.15, 0.2) is 0 Å². The zero-order valence-corrected chi connectivity index (χ0v) is 10.0. The molecule has 15 heavy (non-hydrogen) atoms. The normalized spacial score (nSPS) is 12.5. The van der Waals surface area contributed by atoms with E-state index in [2.05, 4.69) is 25.9 Å². The molecule has 0 aliphatic carbocycles. The number of rotatable bonds is 5. The Bertz CT molecular complexity index is 343. The zero-order valence-electron chi connectivity index (χ0n) is 9.19. The summed E-state index contributed by atoms with van der Waals surface area (Å²) in [5.41, 5.74) is 0.940. The number of nitrogens with one attached hydrogen (secondary N) is 1. The molecule has 0 fully saturated rings. The summed E-state index contributed by atoms with van der Waals surface area (Å²) in [6.07, 6.45) is 0.531. The first-order chi connectivity index (χ1) is 7.19. The van der Waals surface area contributed by atoms with Gasteiger partial charge in [-0.05, 0) is 14.0 Å². The zero-order chi connectivity index (χ0) is 11.3. The van der Waals surface area contributed by atoms with E-state index in [1.54, 1.807) is 0 Å². The fourth-order valence-corrected chi connectivity index (χ4v) is 1.71. The highest BCUT2D eigenvalue weighted by molar-refractivity contribution is 7.10. The predicted molar refractivity (Wildman–Crippen MR) is 60.6 cm³/mol. The number of hydrogen-bond acceptors (Lipinski definition) is 6. The Morgan fingerprint density at radius 1 is 1.67 bits per heavy atom. The molecular formula is C9H15N5S. The van der Waals surface area contributed by atoms with Gasteiger partial charge in [0.15, 0.2) is 0 Å². The molecule has 0 aromatic carbocycles. The van der Waals surface area contributed by atoms with Crippen molar-refractivity contribution in [2.24, 2.45) is 0 Å². The molecule has 0 amide bonds. The summed E-state index contributed by atoms with van der Waals surface area (Å²) in [4.78, 5) is 2.10. The Labute approximate surface area is 93.9 Å². The van der Waals surface area contributed by atoms with Crippen LogP contribution in [-0.4, -0.2) is 34.6 Å². The summed E-state index contributed by atoms with van der Waals surface area (Å²) in [5.74, 6) is 0. The first-order valence-corrected chi connectivity index (χ1v) is 5.52. The fourth-order valence-electron chi connectivity index (χ4n) is 1.18. The van der Waals surface area contributed by atoms with E-state index in [0.717, 1.165) is 17.2 Å². The lowest BCUT2D eigenvalue weighted by molar-refractivity contribution is 0.250. The van der Waals surface area contributed by atoms with Gasteiger partial charge in [0.25, 0.3) is 0 Å². The van der Waals surface area contributed by atoms with Crippen LogP contribution >= 0.6 is 11.5 Å². The molecule has 1 unspecified atom stereocenters. The molecule has 0 spiro atoms. The van der Waals surface area contributed by atoms with Crippen molar-refractivity contribution in [1.82, 2.24) is 14.5 Å². The smallest absolute Gasteiger partial charge is 0.134 e. The molecule has 1 atom stereocenters. The number of nitrogens with zero attached hydrogens (tertiary/aromatic N) is 4. The Hall–Kier alpha value is -1.19. The van der Waals surface area contributed by atoms with Gasteiger partial charge in [-0.2, -0.15) is 5.26 Å². The second-order valence-corrected chi connectivity index (χ2v) is 4.18. The lowest BCUT2D eigenvalue weighted by atomic mass is 10.2. The maximum atomic E-state index is 8.60. The molecule has 0 saturated heterocycles. The highest BCUT2D eigenvalue weighted by Gasteiger charge is 2.13. The molecule has 1 rings (SSSR count). The quantitative estimate of drug-likeness (QED) is 0.818. The van der Waals surface area contributed by atoms with Crippen LogP contribution in [0, 0.1) is 11.3 Å². The molecule has 0 aliphatic heterocycles. The minimum atomic E-state index is 0.237. The molecule has 5 nitrogen and oxygen atoms in total. The average Bonchev–Trinajstić information content (AvgIpc) is 2.65. The van der Waals surface area contributed by atoms with Crippen molar-refractivity contribution in [1.29, 1.82) is 5.26 Å². The van der Waals surface area contributed by atoms with E-state index in [9.17, 15) is 0 Å². The van der Waals surface area contributed by atoms with E-state index in [-0.39, 0.29) is 6.04 Å². The first kappa shape index (κ1) is 11.9. The highest BCUT2D eigenvalue weighted by Crippen LogP contribution is 2.18.